The first-order valence-electron chi connectivity index (χ1n) is 9.66. The van der Waals surface area contributed by atoms with Crippen molar-refractivity contribution in [2.45, 2.75) is 19.8 Å². The first-order chi connectivity index (χ1) is 14.7. The third-order valence-corrected chi connectivity index (χ3v) is 7.23. The van der Waals surface area contributed by atoms with Gasteiger partial charge in [-0.1, -0.05) is 11.6 Å². The summed E-state index contributed by atoms with van der Waals surface area (Å²) in [6.07, 6.45) is 3.00. The van der Waals surface area contributed by atoms with Gasteiger partial charge in [0.1, 0.15) is 5.82 Å². The Labute approximate surface area is 183 Å². The molecule has 164 valence electrons. The number of nitrogens with one attached hydrogen (secondary N) is 2. The van der Waals surface area contributed by atoms with Gasteiger partial charge in [-0.2, -0.15) is 12.7 Å². The predicted molar refractivity (Wildman–Crippen MR) is 120 cm³/mol. The van der Waals surface area contributed by atoms with Crippen LogP contribution in [0, 0.1) is 12.7 Å². The number of fused-ring (bicyclic) bond motifs is 1. The smallest absolute Gasteiger partial charge is 0.301 e. The van der Waals surface area contributed by atoms with Crippen LogP contribution in [-0.2, 0) is 17.3 Å². The van der Waals surface area contributed by atoms with Crippen LogP contribution in [0.25, 0.3) is 10.9 Å². The van der Waals surface area contributed by atoms with Gasteiger partial charge in [-0.05, 0) is 49.6 Å². The molecule has 0 spiro atoms. The quantitative estimate of drug-likeness (QED) is 0.601. The van der Waals surface area contributed by atoms with E-state index in [4.69, 9.17) is 11.6 Å². The average molecular weight is 466 g/mol. The zero-order valence-electron chi connectivity index (χ0n) is 16.9. The van der Waals surface area contributed by atoms with Crippen molar-refractivity contribution in [3.63, 3.8) is 0 Å². The second-order valence-corrected chi connectivity index (χ2v) is 9.49. The van der Waals surface area contributed by atoms with Gasteiger partial charge in [0.15, 0.2) is 0 Å². The van der Waals surface area contributed by atoms with Gasteiger partial charge in [0.2, 0.25) is 0 Å². The maximum absolute atomic E-state index is 14.3. The molecule has 1 saturated heterocycles. The minimum absolute atomic E-state index is 0.0164. The van der Waals surface area contributed by atoms with Gasteiger partial charge in [0.25, 0.3) is 5.56 Å². The lowest BCUT2D eigenvalue weighted by Gasteiger charge is -2.19. The molecule has 3 aromatic rings. The predicted octanol–water partition coefficient (Wildman–Crippen LogP) is 3.53. The van der Waals surface area contributed by atoms with Gasteiger partial charge in [-0.3, -0.25) is 9.52 Å². The van der Waals surface area contributed by atoms with E-state index in [1.807, 2.05) is 0 Å². The molecule has 2 heterocycles. The third-order valence-electron chi connectivity index (χ3n) is 5.30. The Hall–Kier alpha value is -2.69. The Kier molecular flexibility index (Phi) is 5.63. The maximum Gasteiger partial charge on any atom is 0.301 e. The third kappa shape index (κ3) is 4.10. The molecule has 0 radical (unpaired) electrons. The highest BCUT2D eigenvalue weighted by Crippen LogP contribution is 2.36. The molecule has 0 unspecified atom stereocenters. The summed E-state index contributed by atoms with van der Waals surface area (Å²) in [5.74, 6) is -0.665. The van der Waals surface area contributed by atoms with Crippen LogP contribution in [-0.4, -0.2) is 35.4 Å². The lowest BCUT2D eigenvalue weighted by Crippen LogP contribution is -2.33. The summed E-state index contributed by atoms with van der Waals surface area (Å²) in [6, 6.07) is 5.59. The van der Waals surface area contributed by atoms with E-state index in [1.54, 1.807) is 26.1 Å². The van der Waals surface area contributed by atoms with Crippen LogP contribution in [0.5, 0.6) is 0 Å². The largest absolute Gasteiger partial charge is 0.354 e. The minimum atomic E-state index is -3.84. The molecule has 0 saturated carbocycles. The van der Waals surface area contributed by atoms with Crippen LogP contribution < -0.4 is 15.6 Å². The lowest BCUT2D eigenvalue weighted by molar-refractivity contribution is 0.482. The second-order valence-electron chi connectivity index (χ2n) is 7.45. The van der Waals surface area contributed by atoms with Crippen LogP contribution in [0.15, 0.2) is 35.4 Å². The van der Waals surface area contributed by atoms with Gasteiger partial charge in [0, 0.05) is 25.8 Å². The van der Waals surface area contributed by atoms with Gasteiger partial charge in [-0.25, -0.2) is 9.37 Å². The molecule has 1 aromatic heterocycles. The highest BCUT2D eigenvalue weighted by atomic mass is 35.5. The summed E-state index contributed by atoms with van der Waals surface area (Å²) >= 11 is 6.42. The van der Waals surface area contributed by atoms with Crippen molar-refractivity contribution in [2.24, 2.45) is 7.05 Å². The lowest BCUT2D eigenvalue weighted by atomic mass is 10.1. The molecule has 0 atom stereocenters. The Bertz CT molecular complexity index is 1340. The molecule has 0 bridgehead atoms. The number of hydrogen-bond acceptors (Lipinski definition) is 5. The van der Waals surface area contributed by atoms with Crippen LogP contribution in [0.3, 0.4) is 0 Å². The second kappa shape index (κ2) is 8.10. The summed E-state index contributed by atoms with van der Waals surface area (Å²) < 4.78 is 44.5. The van der Waals surface area contributed by atoms with E-state index in [-0.39, 0.29) is 22.0 Å². The molecule has 4 rings (SSSR count). The van der Waals surface area contributed by atoms with E-state index in [1.165, 1.54) is 21.3 Å². The molecular weight excluding hydrogens is 445 g/mol. The van der Waals surface area contributed by atoms with E-state index < -0.39 is 16.0 Å². The van der Waals surface area contributed by atoms with Crippen molar-refractivity contribution in [1.82, 2.24) is 13.9 Å². The maximum atomic E-state index is 14.3. The highest BCUT2D eigenvalue weighted by molar-refractivity contribution is 7.90. The van der Waals surface area contributed by atoms with Crippen LogP contribution >= 0.6 is 11.6 Å². The fraction of sp³-hybridized carbons (Fsp3) is 0.300. The first-order valence-corrected chi connectivity index (χ1v) is 11.5. The zero-order valence-corrected chi connectivity index (χ0v) is 18.5. The number of aromatic nitrogens is 2. The monoisotopic (exact) mass is 465 g/mol. The van der Waals surface area contributed by atoms with Crippen molar-refractivity contribution >= 4 is 49.8 Å². The molecule has 1 aliphatic rings. The van der Waals surface area contributed by atoms with E-state index in [2.05, 4.69) is 15.0 Å². The van der Waals surface area contributed by atoms with E-state index >= 15 is 0 Å². The Morgan fingerprint density at radius 2 is 1.81 bits per heavy atom. The summed E-state index contributed by atoms with van der Waals surface area (Å²) in [7, 11) is -2.23. The fourth-order valence-electron chi connectivity index (χ4n) is 3.62. The van der Waals surface area contributed by atoms with E-state index in [0.29, 0.717) is 35.2 Å². The van der Waals surface area contributed by atoms with Gasteiger partial charge >= 0.3 is 10.2 Å². The van der Waals surface area contributed by atoms with Gasteiger partial charge < -0.3 is 9.88 Å². The number of benzene rings is 2. The van der Waals surface area contributed by atoms with Gasteiger partial charge in [-0.15, -0.1) is 0 Å². The molecule has 1 fully saturated rings. The highest BCUT2D eigenvalue weighted by Gasteiger charge is 2.26. The van der Waals surface area contributed by atoms with Crippen molar-refractivity contribution in [3.05, 3.63) is 57.3 Å². The molecule has 0 amide bonds. The molecule has 1 aliphatic heterocycles. The topological polar surface area (TPSA) is 96.3 Å². The SMILES string of the molecule is Cc1c(Nc2cc(F)cc(NS(=O)(=O)N3CCCC3)c2Cl)ccc2ncn(C)c(=O)c12. The summed E-state index contributed by atoms with van der Waals surface area (Å²) in [4.78, 5) is 16.8. The number of rotatable bonds is 5. The first kappa shape index (κ1) is 21.5. The minimum Gasteiger partial charge on any atom is -0.354 e. The summed E-state index contributed by atoms with van der Waals surface area (Å²) in [5.41, 5.74) is 1.58. The number of hydrogen-bond donors (Lipinski definition) is 2. The molecule has 31 heavy (non-hydrogen) atoms. The number of halogens is 2. The van der Waals surface area contributed by atoms with E-state index in [0.717, 1.165) is 18.9 Å². The van der Waals surface area contributed by atoms with Crippen molar-refractivity contribution in [2.75, 3.05) is 23.1 Å². The normalized spacial score (nSPS) is 14.8. The Morgan fingerprint density at radius 3 is 2.52 bits per heavy atom. The molecule has 2 N–H and O–H groups in total. The molecule has 8 nitrogen and oxygen atoms in total. The van der Waals surface area contributed by atoms with Crippen molar-refractivity contribution in [3.8, 4) is 0 Å². The molecule has 2 aromatic carbocycles. The molecule has 0 aliphatic carbocycles. The Balaban J connectivity index is 1.72. The standard InChI is InChI=1S/C20H21ClFN5O3S/c1-12-14(5-6-15-18(12)20(28)26(2)11-23-15)24-16-9-13(22)10-17(19(16)21)25-31(29,30)27-7-3-4-8-27/h5-6,9-11,24-25H,3-4,7-8H2,1-2H3. The van der Waals surface area contributed by atoms with E-state index in [9.17, 15) is 17.6 Å². The number of nitrogens with zero attached hydrogens (tertiary/aromatic N) is 3. The number of aryl methyl sites for hydroxylation is 2. The van der Waals surface area contributed by atoms with Gasteiger partial charge in [0.05, 0.1) is 33.6 Å². The Morgan fingerprint density at radius 1 is 1.13 bits per heavy atom. The molecule has 11 heteroatoms. The fourth-order valence-corrected chi connectivity index (χ4v) is 5.19. The van der Waals surface area contributed by atoms with Crippen LogP contribution in [0.2, 0.25) is 5.02 Å². The van der Waals surface area contributed by atoms with Crippen LogP contribution in [0.4, 0.5) is 21.5 Å². The molecular formula is C20H21ClFN5O3S. The number of anilines is 3. The zero-order chi connectivity index (χ0) is 22.3. The summed E-state index contributed by atoms with van der Waals surface area (Å²) in [5, 5.41) is 3.46. The van der Waals surface area contributed by atoms with Crippen molar-refractivity contribution in [1.29, 1.82) is 0 Å². The summed E-state index contributed by atoms with van der Waals surface area (Å²) in [6.45, 7) is 2.57. The average Bonchev–Trinajstić information content (AvgIpc) is 3.26. The van der Waals surface area contributed by atoms with Crippen molar-refractivity contribution < 1.29 is 12.8 Å². The van der Waals surface area contributed by atoms with Crippen LogP contribution in [0.1, 0.15) is 18.4 Å².